The summed E-state index contributed by atoms with van der Waals surface area (Å²) in [5.74, 6) is 0.160. The lowest BCUT2D eigenvalue weighted by Crippen LogP contribution is -2.28. The number of nitrogens with one attached hydrogen (secondary N) is 1. The average molecular weight is 348 g/mol. The Morgan fingerprint density at radius 2 is 1.65 bits per heavy atom. The van der Waals surface area contributed by atoms with Gasteiger partial charge in [0.15, 0.2) is 0 Å². The number of hydrogen-bond donors (Lipinski definition) is 2. The summed E-state index contributed by atoms with van der Waals surface area (Å²) in [6, 6.07) is 12.6. The first-order valence-corrected chi connectivity index (χ1v) is 9.40. The zero-order valence-electron chi connectivity index (χ0n) is 15.9. The molecule has 1 aliphatic heterocycles. The summed E-state index contributed by atoms with van der Waals surface area (Å²) in [6.07, 6.45) is 4.46. The van der Waals surface area contributed by atoms with Crippen LogP contribution in [0.5, 0.6) is 0 Å². The molecule has 3 rings (SSSR count). The van der Waals surface area contributed by atoms with Crippen molar-refractivity contribution >= 4 is 11.5 Å². The normalized spacial score (nSPS) is 15.9. The highest BCUT2D eigenvalue weighted by atomic mass is 16.1. The zero-order chi connectivity index (χ0) is 18.7. The van der Waals surface area contributed by atoms with Crippen molar-refractivity contribution in [1.29, 1.82) is 0 Å². The fourth-order valence-corrected chi connectivity index (χ4v) is 3.93. The Bertz CT molecular complexity index is 828. The minimum Gasteiger partial charge on any atom is -0.366 e. The van der Waals surface area contributed by atoms with Crippen LogP contribution in [0.2, 0.25) is 0 Å². The lowest BCUT2D eigenvalue weighted by Gasteiger charge is -2.27. The second kappa shape index (κ2) is 7.88. The molecule has 1 aliphatic rings. The van der Waals surface area contributed by atoms with Crippen LogP contribution in [0.15, 0.2) is 42.5 Å². The largest absolute Gasteiger partial charge is 0.366 e. The van der Waals surface area contributed by atoms with Crippen LogP contribution in [0, 0.1) is 19.8 Å². The molecule has 3 nitrogen and oxygen atoms in total. The average Bonchev–Trinajstić information content (AvgIpc) is 2.65. The number of hydrogen-bond acceptors (Lipinski definition) is 2. The molecule has 3 N–H and O–H groups in total. The van der Waals surface area contributed by atoms with Gasteiger partial charge in [-0.05, 0) is 92.6 Å². The molecule has 0 radical (unpaired) electrons. The molecule has 0 bridgehead atoms. The molecule has 0 saturated carbocycles. The molecule has 2 aromatic rings. The maximum atomic E-state index is 12.1. The molecule has 0 aliphatic carbocycles. The van der Waals surface area contributed by atoms with Crippen LogP contribution in [0.1, 0.15) is 46.8 Å². The smallest absolute Gasteiger partial charge is 0.249 e. The first kappa shape index (κ1) is 18.4. The third kappa shape index (κ3) is 3.73. The number of rotatable bonds is 4. The number of allylic oxidation sites excluding steroid dienone is 2. The third-order valence-electron chi connectivity index (χ3n) is 5.46. The van der Waals surface area contributed by atoms with Crippen molar-refractivity contribution in [3.8, 4) is 11.1 Å². The summed E-state index contributed by atoms with van der Waals surface area (Å²) in [5.41, 5.74) is 13.2. The molecular weight excluding hydrogens is 320 g/mol. The predicted octanol–water partition coefficient (Wildman–Crippen LogP) is 4.47. The number of piperidine rings is 1. The van der Waals surface area contributed by atoms with Crippen LogP contribution in [-0.2, 0) is 0 Å². The van der Waals surface area contributed by atoms with E-state index in [0.29, 0.717) is 11.5 Å². The Kier molecular flexibility index (Phi) is 5.58. The molecule has 0 atom stereocenters. The van der Waals surface area contributed by atoms with E-state index in [0.717, 1.165) is 48.2 Å². The quantitative estimate of drug-likeness (QED) is 0.856. The first-order valence-electron chi connectivity index (χ1n) is 9.40. The third-order valence-corrected chi connectivity index (χ3v) is 5.46. The van der Waals surface area contributed by atoms with Gasteiger partial charge in [-0.3, -0.25) is 4.79 Å². The molecule has 0 unspecified atom stereocenters. The van der Waals surface area contributed by atoms with Gasteiger partial charge in [0, 0.05) is 5.56 Å². The minimum absolute atomic E-state index is 0.363. The summed E-state index contributed by atoms with van der Waals surface area (Å²) >= 11 is 0. The monoisotopic (exact) mass is 348 g/mol. The molecule has 1 saturated heterocycles. The molecule has 0 aromatic heterocycles. The van der Waals surface area contributed by atoms with E-state index in [-0.39, 0.29) is 5.91 Å². The maximum Gasteiger partial charge on any atom is 0.249 e. The number of carbonyl (C=O) groups is 1. The van der Waals surface area contributed by atoms with E-state index < -0.39 is 0 Å². The van der Waals surface area contributed by atoms with E-state index in [2.05, 4.69) is 55.6 Å². The molecule has 0 spiro atoms. The number of aryl methyl sites for hydroxylation is 1. The molecular formula is C23H28N2O. The van der Waals surface area contributed by atoms with E-state index >= 15 is 0 Å². The van der Waals surface area contributed by atoms with Crippen molar-refractivity contribution in [2.45, 2.75) is 33.6 Å². The molecule has 2 aromatic carbocycles. The Morgan fingerprint density at radius 1 is 1.04 bits per heavy atom. The van der Waals surface area contributed by atoms with E-state index in [1.54, 1.807) is 0 Å². The number of carbonyl (C=O) groups excluding carboxylic acids is 1. The SMILES string of the molecule is C/C=C(\c1cc(-c2ccc(C)cc2)cc(C(N)=O)c1C)C1CCNCC1. The highest BCUT2D eigenvalue weighted by Gasteiger charge is 2.22. The van der Waals surface area contributed by atoms with Crippen LogP contribution < -0.4 is 11.1 Å². The van der Waals surface area contributed by atoms with Crippen LogP contribution >= 0.6 is 0 Å². The van der Waals surface area contributed by atoms with Crippen LogP contribution in [0.25, 0.3) is 16.7 Å². The van der Waals surface area contributed by atoms with Gasteiger partial charge >= 0.3 is 0 Å². The van der Waals surface area contributed by atoms with Crippen LogP contribution in [-0.4, -0.2) is 19.0 Å². The van der Waals surface area contributed by atoms with Gasteiger partial charge < -0.3 is 11.1 Å². The number of amides is 1. The van der Waals surface area contributed by atoms with Crippen molar-refractivity contribution in [3.05, 3.63) is 64.7 Å². The van der Waals surface area contributed by atoms with Crippen molar-refractivity contribution in [2.24, 2.45) is 11.7 Å². The summed E-state index contributed by atoms with van der Waals surface area (Å²) in [7, 11) is 0. The van der Waals surface area contributed by atoms with Gasteiger partial charge in [-0.1, -0.05) is 35.9 Å². The predicted molar refractivity (Wildman–Crippen MR) is 109 cm³/mol. The van der Waals surface area contributed by atoms with E-state index in [1.165, 1.54) is 11.1 Å². The highest BCUT2D eigenvalue weighted by Crippen LogP contribution is 2.36. The van der Waals surface area contributed by atoms with Gasteiger partial charge in [0.05, 0.1) is 0 Å². The van der Waals surface area contributed by atoms with Crippen LogP contribution in [0.4, 0.5) is 0 Å². The second-order valence-electron chi connectivity index (χ2n) is 7.19. The molecule has 1 fully saturated rings. The molecule has 3 heteroatoms. The Morgan fingerprint density at radius 3 is 2.23 bits per heavy atom. The summed E-state index contributed by atoms with van der Waals surface area (Å²) < 4.78 is 0. The van der Waals surface area contributed by atoms with E-state index in [9.17, 15) is 4.79 Å². The summed E-state index contributed by atoms with van der Waals surface area (Å²) in [6.45, 7) is 8.27. The lowest BCUT2D eigenvalue weighted by atomic mass is 9.81. The Labute approximate surface area is 156 Å². The van der Waals surface area contributed by atoms with Crippen molar-refractivity contribution in [1.82, 2.24) is 5.32 Å². The standard InChI is InChI=1S/C23H28N2O/c1-4-20(18-9-11-25-12-10-18)21-13-19(14-22(16(21)3)23(24)26)17-7-5-15(2)6-8-17/h4-8,13-14,18,25H,9-12H2,1-3H3,(H2,24,26)/b20-4-. The molecule has 1 amide bonds. The van der Waals surface area contributed by atoms with Gasteiger partial charge in [0.1, 0.15) is 0 Å². The van der Waals surface area contributed by atoms with E-state index in [4.69, 9.17) is 5.73 Å². The fourth-order valence-electron chi connectivity index (χ4n) is 3.93. The Hall–Kier alpha value is -2.39. The zero-order valence-corrected chi connectivity index (χ0v) is 15.9. The van der Waals surface area contributed by atoms with Crippen LogP contribution in [0.3, 0.4) is 0 Å². The van der Waals surface area contributed by atoms with Gasteiger partial charge in [-0.25, -0.2) is 0 Å². The van der Waals surface area contributed by atoms with Gasteiger partial charge in [0.25, 0.3) is 0 Å². The molecule has 1 heterocycles. The fraction of sp³-hybridized carbons (Fsp3) is 0.348. The van der Waals surface area contributed by atoms with Gasteiger partial charge in [0.2, 0.25) is 5.91 Å². The van der Waals surface area contributed by atoms with Gasteiger partial charge in [-0.2, -0.15) is 0 Å². The van der Waals surface area contributed by atoms with Crippen molar-refractivity contribution in [3.63, 3.8) is 0 Å². The number of benzene rings is 2. The minimum atomic E-state index is -0.363. The highest BCUT2D eigenvalue weighted by molar-refractivity contribution is 5.97. The lowest BCUT2D eigenvalue weighted by molar-refractivity contribution is 0.0999. The van der Waals surface area contributed by atoms with Gasteiger partial charge in [-0.15, -0.1) is 0 Å². The van der Waals surface area contributed by atoms with Crippen molar-refractivity contribution < 1.29 is 4.79 Å². The molecule has 26 heavy (non-hydrogen) atoms. The summed E-state index contributed by atoms with van der Waals surface area (Å²) in [5, 5.41) is 3.43. The molecule has 136 valence electrons. The second-order valence-corrected chi connectivity index (χ2v) is 7.19. The van der Waals surface area contributed by atoms with E-state index in [1.807, 2.05) is 13.0 Å². The maximum absolute atomic E-state index is 12.1. The Balaban J connectivity index is 2.13. The summed E-state index contributed by atoms with van der Waals surface area (Å²) in [4.78, 5) is 12.1. The first-order chi connectivity index (χ1) is 12.5. The number of primary amides is 1. The number of nitrogens with two attached hydrogens (primary N) is 1. The topological polar surface area (TPSA) is 55.1 Å². The van der Waals surface area contributed by atoms with Crippen molar-refractivity contribution in [2.75, 3.05) is 13.1 Å².